The zero-order chi connectivity index (χ0) is 43.1. The van der Waals surface area contributed by atoms with Crippen LogP contribution in [0.25, 0.3) is 0 Å². The fourth-order valence-electron chi connectivity index (χ4n) is 6.64. The molecule has 2 aliphatic rings. The number of halogens is 6. The largest absolute Gasteiger partial charge is 0.416 e. The van der Waals surface area contributed by atoms with Crippen LogP contribution in [-0.4, -0.2) is 11.8 Å². The minimum Gasteiger partial charge on any atom is -0.291 e. The van der Waals surface area contributed by atoms with Crippen LogP contribution in [0.3, 0.4) is 0 Å². The number of hydrogen-bond acceptors (Lipinski definition) is 4. The number of nitrogens with zero attached hydrogens (tertiary/aromatic N) is 2. The second-order valence-electron chi connectivity index (χ2n) is 13.8. The van der Waals surface area contributed by atoms with Crippen molar-refractivity contribution in [2.45, 2.75) is 39.8 Å². The highest BCUT2D eigenvalue weighted by atomic mass is 32.2. The maximum atomic E-state index is 13.2. The molecule has 61 heavy (non-hydrogen) atoms. The van der Waals surface area contributed by atoms with Crippen LogP contribution in [0, 0.1) is 6.92 Å². The predicted octanol–water partition coefficient (Wildman–Crippen LogP) is 14.3. The summed E-state index contributed by atoms with van der Waals surface area (Å²) in [5.74, 6) is -0.448. The monoisotopic (exact) mass is 862 g/mol. The first-order chi connectivity index (χ1) is 29.3. The Morgan fingerprint density at radius 2 is 0.721 bits per heavy atom. The topological polar surface area (TPSA) is 40.6 Å². The molecule has 0 bridgehead atoms. The SMILES string of the molecule is Cc1ccccc1.O=C1c2ccccc2S[C@@H](c2ccccc2)N1c1ccc(C(F)(F)F)cc1.O=C1c2ccccc2S[C@H](c2ccccc2)N1c1ccc(C(F)(F)F)cc1. The Morgan fingerprint density at radius 1 is 0.410 bits per heavy atom. The number of hydrogen-bond donors (Lipinski definition) is 0. The fraction of sp³-hybridized carbons (Fsp3) is 0.102. The van der Waals surface area contributed by atoms with Gasteiger partial charge in [-0.1, -0.05) is 144 Å². The van der Waals surface area contributed by atoms with Crippen LogP contribution in [0.2, 0.25) is 0 Å². The summed E-state index contributed by atoms with van der Waals surface area (Å²) in [7, 11) is 0. The molecule has 2 aliphatic heterocycles. The van der Waals surface area contributed by atoms with Gasteiger partial charge in [-0.15, -0.1) is 0 Å². The average molecular weight is 863 g/mol. The molecule has 308 valence electrons. The first kappa shape index (κ1) is 42.9. The number of carbonyl (C=O) groups is 2. The summed E-state index contributed by atoms with van der Waals surface area (Å²) < 4.78 is 77.4. The summed E-state index contributed by atoms with van der Waals surface area (Å²) >= 11 is 3.02. The molecule has 0 N–H and O–H groups in total. The standard InChI is InChI=1S/2C21H14F3NOS.C7H8/c2*22-21(23,24)15-10-12-16(13-11-15)25-19(26)17-8-4-5-9-18(17)27-20(25)14-6-2-1-3-7-14;1-7-5-3-2-4-6-7/h2*1-13,20H;2-6H,1H3/t2*20-;/m10./s1. The van der Waals surface area contributed by atoms with Crippen molar-refractivity contribution in [3.05, 3.63) is 227 Å². The van der Waals surface area contributed by atoms with Crippen LogP contribution in [0.5, 0.6) is 0 Å². The number of benzene rings is 7. The predicted molar refractivity (Wildman–Crippen MR) is 231 cm³/mol. The molecule has 9 rings (SSSR count). The van der Waals surface area contributed by atoms with Gasteiger partial charge in [-0.2, -0.15) is 26.3 Å². The molecule has 0 radical (unpaired) electrons. The summed E-state index contributed by atoms with van der Waals surface area (Å²) in [5.41, 5.74) is 3.63. The van der Waals surface area contributed by atoms with Crippen molar-refractivity contribution in [3.63, 3.8) is 0 Å². The molecule has 2 heterocycles. The van der Waals surface area contributed by atoms with Gasteiger partial charge in [0, 0.05) is 21.2 Å². The van der Waals surface area contributed by atoms with Crippen molar-refractivity contribution in [2.24, 2.45) is 0 Å². The third-order valence-corrected chi connectivity index (χ3v) is 12.3. The first-order valence-corrected chi connectivity index (χ1v) is 20.7. The Hall–Kier alpha value is -6.24. The molecular weight excluding hydrogens is 827 g/mol. The van der Waals surface area contributed by atoms with E-state index >= 15 is 0 Å². The van der Waals surface area contributed by atoms with Gasteiger partial charge in [-0.25, -0.2) is 0 Å². The summed E-state index contributed by atoms with van der Waals surface area (Å²) in [6, 6.07) is 53.2. The average Bonchev–Trinajstić information content (AvgIpc) is 3.27. The summed E-state index contributed by atoms with van der Waals surface area (Å²) in [5, 5.41) is -0.712. The maximum absolute atomic E-state index is 13.2. The van der Waals surface area contributed by atoms with Crippen molar-refractivity contribution in [3.8, 4) is 0 Å². The van der Waals surface area contributed by atoms with E-state index in [-0.39, 0.29) is 22.6 Å². The van der Waals surface area contributed by atoms with E-state index in [1.54, 1.807) is 34.1 Å². The molecule has 0 spiro atoms. The second kappa shape index (κ2) is 18.6. The van der Waals surface area contributed by atoms with Crippen molar-refractivity contribution < 1.29 is 35.9 Å². The lowest BCUT2D eigenvalue weighted by Gasteiger charge is -2.36. The lowest BCUT2D eigenvalue weighted by molar-refractivity contribution is -0.138. The highest BCUT2D eigenvalue weighted by Gasteiger charge is 2.38. The summed E-state index contributed by atoms with van der Waals surface area (Å²) in [6.07, 6.45) is -8.82. The number of alkyl halides is 6. The maximum Gasteiger partial charge on any atom is 0.416 e. The van der Waals surface area contributed by atoms with E-state index in [1.165, 1.54) is 53.4 Å². The number of thioether (sulfide) groups is 2. The second-order valence-corrected chi connectivity index (χ2v) is 16.1. The molecule has 7 aromatic rings. The van der Waals surface area contributed by atoms with Crippen molar-refractivity contribution in [2.75, 3.05) is 9.80 Å². The molecule has 12 heteroatoms. The minimum atomic E-state index is -4.41. The number of rotatable bonds is 4. The number of fused-ring (bicyclic) bond motifs is 2. The van der Waals surface area contributed by atoms with E-state index in [4.69, 9.17) is 0 Å². The Morgan fingerprint density at radius 3 is 1.03 bits per heavy atom. The molecule has 0 fully saturated rings. The molecule has 2 amide bonds. The van der Waals surface area contributed by atoms with Crippen LogP contribution < -0.4 is 9.80 Å². The van der Waals surface area contributed by atoms with Gasteiger partial charge in [-0.3, -0.25) is 19.4 Å². The van der Waals surface area contributed by atoms with Crippen molar-refractivity contribution >= 4 is 46.7 Å². The molecule has 0 unspecified atom stereocenters. The van der Waals surface area contributed by atoms with Crippen LogP contribution in [0.15, 0.2) is 198 Å². The lowest BCUT2D eigenvalue weighted by Crippen LogP contribution is -2.36. The number of aryl methyl sites for hydroxylation is 1. The quantitative estimate of drug-likeness (QED) is 0.165. The Bertz CT molecular complexity index is 2410. The summed E-state index contributed by atoms with van der Waals surface area (Å²) in [6.45, 7) is 2.08. The van der Waals surface area contributed by atoms with Crippen molar-refractivity contribution in [1.29, 1.82) is 0 Å². The van der Waals surface area contributed by atoms with Gasteiger partial charge >= 0.3 is 12.4 Å². The molecule has 4 nitrogen and oxygen atoms in total. The van der Waals surface area contributed by atoms with E-state index in [9.17, 15) is 35.9 Å². The molecule has 0 aromatic heterocycles. The summed E-state index contributed by atoms with van der Waals surface area (Å²) in [4.78, 5) is 31.2. The van der Waals surface area contributed by atoms with E-state index < -0.39 is 23.5 Å². The van der Waals surface area contributed by atoms with Gasteiger partial charge in [0.1, 0.15) is 10.7 Å². The Kier molecular flexibility index (Phi) is 13.1. The Labute approximate surface area is 357 Å². The van der Waals surface area contributed by atoms with Crippen LogP contribution in [0.4, 0.5) is 37.7 Å². The van der Waals surface area contributed by atoms with Gasteiger partial charge in [0.05, 0.1) is 22.3 Å². The normalized spacial score (nSPS) is 16.0. The number of amides is 2. The third-order valence-electron chi connectivity index (χ3n) is 9.67. The molecular formula is C49H36F6N2O2S2. The van der Waals surface area contributed by atoms with Gasteiger partial charge in [0.2, 0.25) is 0 Å². The fourth-order valence-corrected chi connectivity index (χ4v) is 9.23. The van der Waals surface area contributed by atoms with Crippen LogP contribution in [0.1, 0.15) is 59.3 Å². The third kappa shape index (κ3) is 10.0. The smallest absolute Gasteiger partial charge is 0.291 e. The highest BCUT2D eigenvalue weighted by Crippen LogP contribution is 2.48. The highest BCUT2D eigenvalue weighted by molar-refractivity contribution is 8.00. The number of anilines is 2. The van der Waals surface area contributed by atoms with Crippen molar-refractivity contribution in [1.82, 2.24) is 0 Å². The number of carbonyl (C=O) groups excluding carboxylic acids is 2. The van der Waals surface area contributed by atoms with Gasteiger partial charge < -0.3 is 0 Å². The van der Waals surface area contributed by atoms with E-state index in [0.29, 0.717) is 22.5 Å². The van der Waals surface area contributed by atoms with E-state index in [2.05, 4.69) is 19.1 Å². The molecule has 2 atom stereocenters. The first-order valence-electron chi connectivity index (χ1n) is 18.9. The van der Waals surface area contributed by atoms with E-state index in [1.807, 2.05) is 103 Å². The zero-order valence-corrected chi connectivity index (χ0v) is 34.0. The van der Waals surface area contributed by atoms with Gasteiger partial charge in [0.15, 0.2) is 0 Å². The van der Waals surface area contributed by atoms with Crippen LogP contribution in [-0.2, 0) is 12.4 Å². The molecule has 0 saturated heterocycles. The molecule has 0 saturated carbocycles. The van der Waals surface area contributed by atoms with E-state index in [0.717, 1.165) is 45.2 Å². The lowest BCUT2D eigenvalue weighted by atomic mass is 10.1. The minimum absolute atomic E-state index is 0.224. The van der Waals surface area contributed by atoms with Gasteiger partial charge in [-0.05, 0) is 90.8 Å². The Balaban J connectivity index is 0.000000159. The van der Waals surface area contributed by atoms with Crippen LogP contribution >= 0.6 is 23.5 Å². The van der Waals surface area contributed by atoms with Gasteiger partial charge in [0.25, 0.3) is 11.8 Å². The molecule has 0 aliphatic carbocycles. The molecule has 7 aromatic carbocycles. The zero-order valence-electron chi connectivity index (χ0n) is 32.3.